The number of hydrazine groups is 1. The Hall–Kier alpha value is -2.58. The van der Waals surface area contributed by atoms with Gasteiger partial charge in [-0.05, 0) is 58.9 Å². The number of carbonyl (C=O) groups excluding carboxylic acids is 2. The number of carbonyl (C=O) groups is 2. The minimum atomic E-state index is -0.854. The van der Waals surface area contributed by atoms with Gasteiger partial charge < -0.3 is 15.0 Å². The zero-order valence-electron chi connectivity index (χ0n) is 20.8. The van der Waals surface area contributed by atoms with Crippen LogP contribution in [-0.4, -0.2) is 47.6 Å². The molecule has 8 heteroatoms. The molecule has 2 amide bonds. The second kappa shape index (κ2) is 9.35. The topological polar surface area (TPSA) is 90.9 Å². The number of amides is 2. The lowest BCUT2D eigenvalue weighted by Gasteiger charge is -2.36. The third-order valence-electron chi connectivity index (χ3n) is 5.99. The van der Waals surface area contributed by atoms with Gasteiger partial charge in [0.05, 0.1) is 12.1 Å². The molecule has 0 bridgehead atoms. The first-order valence-corrected chi connectivity index (χ1v) is 11.5. The van der Waals surface area contributed by atoms with E-state index in [2.05, 4.69) is 37.5 Å². The number of hydrogen-bond donors (Lipinski definition) is 3. The highest BCUT2D eigenvalue weighted by Gasteiger charge is 2.33. The lowest BCUT2D eigenvalue weighted by Crippen LogP contribution is -2.56. The van der Waals surface area contributed by atoms with Gasteiger partial charge in [0.15, 0.2) is 0 Å². The van der Waals surface area contributed by atoms with Crippen molar-refractivity contribution in [3.05, 3.63) is 46.6 Å². The van der Waals surface area contributed by atoms with Gasteiger partial charge >= 0.3 is 7.05 Å². The molecule has 0 fully saturated rings. The molecule has 1 aliphatic carbocycles. The highest BCUT2D eigenvalue weighted by molar-refractivity contribution is 6.64. The molecule has 3 N–H and O–H groups in total. The molecule has 3 rings (SSSR count). The third kappa shape index (κ3) is 5.68. The highest BCUT2D eigenvalue weighted by Crippen LogP contribution is 2.33. The average Bonchev–Trinajstić information content (AvgIpc) is 2.97. The Morgan fingerprint density at radius 3 is 2.61 bits per heavy atom. The van der Waals surface area contributed by atoms with Crippen LogP contribution in [-0.2, 0) is 4.79 Å². The normalized spacial score (nSPS) is 18.1. The smallest absolute Gasteiger partial charge is 0.417 e. The van der Waals surface area contributed by atoms with Gasteiger partial charge in [0.25, 0.3) is 11.8 Å². The zero-order valence-corrected chi connectivity index (χ0v) is 20.8. The summed E-state index contributed by atoms with van der Waals surface area (Å²) in [5, 5.41) is 14.7. The van der Waals surface area contributed by atoms with Gasteiger partial charge in [0.2, 0.25) is 0 Å². The maximum Gasteiger partial charge on any atom is 0.417 e. The van der Waals surface area contributed by atoms with E-state index < -0.39 is 18.5 Å². The minimum absolute atomic E-state index is 0.143. The van der Waals surface area contributed by atoms with Gasteiger partial charge in [0, 0.05) is 28.7 Å². The monoisotopic (exact) mass is 453 g/mol. The van der Waals surface area contributed by atoms with Crippen LogP contribution in [0.25, 0.3) is 0 Å². The number of fused-ring (bicyclic) bond motifs is 1. The van der Waals surface area contributed by atoms with Gasteiger partial charge in [0.1, 0.15) is 5.75 Å². The van der Waals surface area contributed by atoms with E-state index in [1.54, 1.807) is 19.1 Å². The summed E-state index contributed by atoms with van der Waals surface area (Å²) in [5.41, 5.74) is 5.61. The van der Waals surface area contributed by atoms with E-state index in [1.807, 2.05) is 26.8 Å². The maximum atomic E-state index is 13.6. The third-order valence-corrected chi connectivity index (χ3v) is 5.99. The van der Waals surface area contributed by atoms with Crippen LogP contribution < -0.4 is 20.9 Å². The molecule has 1 aromatic rings. The van der Waals surface area contributed by atoms with E-state index in [4.69, 9.17) is 4.74 Å². The molecule has 1 aromatic carbocycles. The van der Waals surface area contributed by atoms with E-state index in [0.717, 1.165) is 6.42 Å². The van der Waals surface area contributed by atoms with Gasteiger partial charge in [-0.15, -0.1) is 0 Å². The Bertz CT molecular complexity index is 1010. The number of allylic oxidation sites excluding steroid dienone is 3. The number of nitrogens with one attached hydrogen (secondary N) is 2. The van der Waals surface area contributed by atoms with Gasteiger partial charge in [-0.25, -0.2) is 5.01 Å². The van der Waals surface area contributed by atoms with Crippen LogP contribution in [0.2, 0.25) is 0 Å². The average molecular weight is 453 g/mol. The molecule has 0 unspecified atom stereocenters. The Labute approximate surface area is 197 Å². The maximum absolute atomic E-state index is 13.6. The van der Waals surface area contributed by atoms with E-state index in [-0.39, 0.29) is 11.3 Å². The lowest BCUT2D eigenvalue weighted by atomic mass is 9.72. The molecule has 178 valence electrons. The summed E-state index contributed by atoms with van der Waals surface area (Å²) in [6.45, 7) is 14.7. The molecule has 1 heterocycles. The van der Waals surface area contributed by atoms with Crippen molar-refractivity contribution in [2.45, 2.75) is 66.8 Å². The zero-order chi connectivity index (χ0) is 24.6. The van der Waals surface area contributed by atoms with E-state index in [1.165, 1.54) is 10.6 Å². The summed E-state index contributed by atoms with van der Waals surface area (Å²) in [7, 11) is -0.854. The quantitative estimate of drug-likeness (QED) is 0.364. The summed E-state index contributed by atoms with van der Waals surface area (Å²) in [6.07, 6.45) is 5.55. The molecule has 0 radical (unpaired) electrons. The predicted molar refractivity (Wildman–Crippen MR) is 131 cm³/mol. The summed E-state index contributed by atoms with van der Waals surface area (Å²) < 4.78 is 5.80. The molecular formula is C25H36BN3O4. The first-order chi connectivity index (χ1) is 15.3. The van der Waals surface area contributed by atoms with Crippen molar-refractivity contribution in [2.75, 3.05) is 13.2 Å². The van der Waals surface area contributed by atoms with Crippen molar-refractivity contribution < 1.29 is 19.3 Å². The fraction of sp³-hybridized carbons (Fsp3) is 0.520. The van der Waals surface area contributed by atoms with Crippen LogP contribution in [0, 0.1) is 12.3 Å². The summed E-state index contributed by atoms with van der Waals surface area (Å²) in [4.78, 5) is 27.0. The second-order valence-electron chi connectivity index (χ2n) is 10.7. The van der Waals surface area contributed by atoms with Crippen LogP contribution in [0.4, 0.5) is 0 Å². The van der Waals surface area contributed by atoms with Crippen molar-refractivity contribution in [1.82, 2.24) is 15.7 Å². The van der Waals surface area contributed by atoms with Gasteiger partial charge in [-0.2, -0.15) is 0 Å². The number of rotatable bonds is 2. The Morgan fingerprint density at radius 2 is 1.94 bits per heavy atom. The standard InChI is InChI=1S/C25H36BN3O4/c1-16-8-9-18(15-25(6,7)14-16)23(31)29(24(3,4)5)28-22(30)19-10-11-20-21(17(19)2)33-13-12-27-26(20)32/h8,10-11,15,27,32H,9,12-14H2,1-7H3,(H,28,30). The van der Waals surface area contributed by atoms with Crippen LogP contribution in [0.3, 0.4) is 0 Å². The fourth-order valence-corrected chi connectivity index (χ4v) is 4.46. The van der Waals surface area contributed by atoms with Crippen molar-refractivity contribution in [3.63, 3.8) is 0 Å². The number of ether oxygens (including phenoxy) is 1. The number of benzene rings is 1. The molecule has 0 spiro atoms. The highest BCUT2D eigenvalue weighted by atomic mass is 16.5. The summed E-state index contributed by atoms with van der Waals surface area (Å²) >= 11 is 0. The molecule has 0 saturated carbocycles. The summed E-state index contributed by atoms with van der Waals surface area (Å²) in [5.74, 6) is -0.102. The van der Waals surface area contributed by atoms with Crippen LogP contribution in [0.1, 0.15) is 70.3 Å². The van der Waals surface area contributed by atoms with Crippen molar-refractivity contribution in [3.8, 4) is 5.75 Å². The number of nitrogens with zero attached hydrogens (tertiary/aromatic N) is 1. The molecular weight excluding hydrogens is 417 g/mol. The Balaban J connectivity index is 1.92. The first kappa shape index (κ1) is 25.1. The van der Waals surface area contributed by atoms with E-state index >= 15 is 0 Å². The van der Waals surface area contributed by atoms with Gasteiger partial charge in [-0.3, -0.25) is 15.0 Å². The predicted octanol–water partition coefficient (Wildman–Crippen LogP) is 2.63. The van der Waals surface area contributed by atoms with Crippen molar-refractivity contribution in [2.24, 2.45) is 5.41 Å². The molecule has 1 aliphatic heterocycles. The Morgan fingerprint density at radius 1 is 1.24 bits per heavy atom. The Kier molecular flexibility index (Phi) is 7.10. The molecule has 0 aromatic heterocycles. The van der Waals surface area contributed by atoms with Crippen LogP contribution in [0.15, 0.2) is 35.4 Å². The first-order valence-electron chi connectivity index (χ1n) is 11.5. The second-order valence-corrected chi connectivity index (χ2v) is 10.7. The molecule has 0 atom stereocenters. The van der Waals surface area contributed by atoms with E-state index in [9.17, 15) is 14.6 Å². The molecule has 7 nitrogen and oxygen atoms in total. The lowest BCUT2D eigenvalue weighted by molar-refractivity contribution is -0.135. The van der Waals surface area contributed by atoms with Gasteiger partial charge in [-0.1, -0.05) is 37.6 Å². The molecule has 2 aliphatic rings. The molecule has 0 saturated heterocycles. The largest absolute Gasteiger partial charge is 0.492 e. The SMILES string of the molecule is CC1=CCC(C(=O)N(NC(=O)c2ccc3c(c2C)OCCNB3O)C(C)(C)C)=CC(C)(C)C1. The minimum Gasteiger partial charge on any atom is -0.492 e. The van der Waals surface area contributed by atoms with Crippen LogP contribution >= 0.6 is 0 Å². The summed E-state index contributed by atoms with van der Waals surface area (Å²) in [6, 6.07) is 3.35. The number of hydrogen-bond acceptors (Lipinski definition) is 5. The van der Waals surface area contributed by atoms with Crippen molar-refractivity contribution in [1.29, 1.82) is 0 Å². The van der Waals surface area contributed by atoms with Crippen molar-refractivity contribution >= 4 is 24.3 Å². The fourth-order valence-electron chi connectivity index (χ4n) is 4.46. The van der Waals surface area contributed by atoms with Crippen LogP contribution in [0.5, 0.6) is 5.75 Å². The van der Waals surface area contributed by atoms with E-state index in [0.29, 0.717) is 47.5 Å². The molecule has 33 heavy (non-hydrogen) atoms.